The monoisotopic (exact) mass is 285 g/mol. The Labute approximate surface area is 118 Å². The number of hydrogen-bond acceptors (Lipinski definition) is 6. The summed E-state index contributed by atoms with van der Waals surface area (Å²) < 4.78 is 10.9. The van der Waals surface area contributed by atoms with E-state index in [1.165, 1.54) is 0 Å². The average Bonchev–Trinajstić information content (AvgIpc) is 2.87. The third kappa shape index (κ3) is 4.19. The molecule has 1 N–H and O–H groups in total. The molecule has 5 nitrogen and oxygen atoms in total. The van der Waals surface area contributed by atoms with Gasteiger partial charge in [0, 0.05) is 12.6 Å². The minimum Gasteiger partial charge on any atom is -0.381 e. The molecular formula is C13H23N3O2S. The topological polar surface area (TPSA) is 60.2 Å². The van der Waals surface area contributed by atoms with Crippen molar-refractivity contribution >= 4 is 11.8 Å². The molecule has 6 heteroatoms. The van der Waals surface area contributed by atoms with Crippen LogP contribution in [0.25, 0.3) is 0 Å². The highest BCUT2D eigenvalue weighted by Crippen LogP contribution is 2.25. The van der Waals surface area contributed by atoms with Gasteiger partial charge in [-0.1, -0.05) is 19.0 Å². The third-order valence-electron chi connectivity index (χ3n) is 3.21. The first-order valence-corrected chi connectivity index (χ1v) is 8.01. The molecule has 1 fully saturated rings. The van der Waals surface area contributed by atoms with Gasteiger partial charge in [-0.2, -0.15) is 16.7 Å². The molecule has 1 aromatic heterocycles. The molecule has 108 valence electrons. The quantitative estimate of drug-likeness (QED) is 0.863. The van der Waals surface area contributed by atoms with Crippen LogP contribution in [0.1, 0.15) is 37.9 Å². The zero-order valence-corrected chi connectivity index (χ0v) is 12.7. The van der Waals surface area contributed by atoms with Crippen molar-refractivity contribution in [2.75, 3.05) is 26.0 Å². The van der Waals surface area contributed by atoms with E-state index in [-0.39, 0.29) is 5.92 Å². The van der Waals surface area contributed by atoms with E-state index in [4.69, 9.17) is 9.26 Å². The van der Waals surface area contributed by atoms with Crippen LogP contribution >= 0.6 is 11.8 Å². The first kappa shape index (κ1) is 14.8. The van der Waals surface area contributed by atoms with Crippen LogP contribution in [0.4, 0.5) is 0 Å². The molecule has 0 radical (unpaired) electrons. The van der Waals surface area contributed by atoms with E-state index < -0.39 is 0 Å². The summed E-state index contributed by atoms with van der Waals surface area (Å²) in [4.78, 5) is 4.51. The first-order valence-electron chi connectivity index (χ1n) is 6.86. The van der Waals surface area contributed by atoms with Gasteiger partial charge in [-0.3, -0.25) is 0 Å². The van der Waals surface area contributed by atoms with Crippen molar-refractivity contribution in [3.8, 4) is 0 Å². The number of nitrogens with zero attached hydrogens (tertiary/aromatic N) is 2. The molecule has 2 atom stereocenters. The summed E-state index contributed by atoms with van der Waals surface area (Å²) in [6.45, 7) is 5.89. The van der Waals surface area contributed by atoms with Crippen LogP contribution in [0.2, 0.25) is 0 Å². The molecule has 0 amide bonds. The zero-order chi connectivity index (χ0) is 13.7. The van der Waals surface area contributed by atoms with E-state index in [1.54, 1.807) is 0 Å². The Morgan fingerprint density at radius 1 is 1.47 bits per heavy atom. The van der Waals surface area contributed by atoms with Gasteiger partial charge in [-0.05, 0) is 25.1 Å². The number of likely N-dealkylation sites (N-methyl/N-ethyl adjacent to an activating group) is 1. The summed E-state index contributed by atoms with van der Waals surface area (Å²) in [5, 5.41) is 7.37. The Morgan fingerprint density at radius 3 is 3.05 bits per heavy atom. The van der Waals surface area contributed by atoms with Gasteiger partial charge in [-0.15, -0.1) is 0 Å². The molecule has 19 heavy (non-hydrogen) atoms. The van der Waals surface area contributed by atoms with E-state index >= 15 is 0 Å². The second kappa shape index (κ2) is 7.26. The van der Waals surface area contributed by atoms with Crippen LogP contribution in [-0.2, 0) is 10.5 Å². The van der Waals surface area contributed by atoms with Gasteiger partial charge in [-0.25, -0.2) is 0 Å². The Hall–Kier alpha value is -0.590. The summed E-state index contributed by atoms with van der Waals surface area (Å²) in [5.41, 5.74) is 0. The van der Waals surface area contributed by atoms with E-state index in [1.807, 2.05) is 18.8 Å². The van der Waals surface area contributed by atoms with E-state index in [0.29, 0.717) is 24.5 Å². The SMILES string of the molecule is CNC1CCOCC1c1nc(CSCC(C)C)no1. The number of rotatable bonds is 6. The van der Waals surface area contributed by atoms with Crippen molar-refractivity contribution in [2.45, 2.75) is 38.0 Å². The van der Waals surface area contributed by atoms with Gasteiger partial charge in [0.05, 0.1) is 18.3 Å². The first-order chi connectivity index (χ1) is 9.20. The van der Waals surface area contributed by atoms with Crippen molar-refractivity contribution < 1.29 is 9.26 Å². The molecule has 0 saturated carbocycles. The van der Waals surface area contributed by atoms with Gasteiger partial charge in [0.25, 0.3) is 0 Å². The Morgan fingerprint density at radius 2 is 2.32 bits per heavy atom. The standard InChI is InChI=1S/C13H23N3O2S/c1-9(2)7-19-8-12-15-13(18-16-12)10-6-17-5-4-11(10)14-3/h9-11,14H,4-8H2,1-3H3. The van der Waals surface area contributed by atoms with Gasteiger partial charge in [0.15, 0.2) is 5.82 Å². The number of hydrogen-bond donors (Lipinski definition) is 1. The second-order valence-corrected chi connectivity index (χ2v) is 6.35. The average molecular weight is 285 g/mol. The Balaban J connectivity index is 1.91. The fourth-order valence-electron chi connectivity index (χ4n) is 2.19. The molecule has 0 bridgehead atoms. The molecule has 2 rings (SSSR count). The van der Waals surface area contributed by atoms with Crippen LogP contribution in [0, 0.1) is 5.92 Å². The van der Waals surface area contributed by atoms with Crippen molar-refractivity contribution in [3.05, 3.63) is 11.7 Å². The highest BCUT2D eigenvalue weighted by molar-refractivity contribution is 7.98. The molecule has 0 aliphatic carbocycles. The molecule has 0 spiro atoms. The fraction of sp³-hybridized carbons (Fsp3) is 0.846. The maximum Gasteiger partial charge on any atom is 0.233 e. The lowest BCUT2D eigenvalue weighted by molar-refractivity contribution is 0.0516. The van der Waals surface area contributed by atoms with Crippen LogP contribution in [0.3, 0.4) is 0 Å². The van der Waals surface area contributed by atoms with Crippen molar-refractivity contribution in [1.29, 1.82) is 0 Å². The summed E-state index contributed by atoms with van der Waals surface area (Å²) in [5.74, 6) is 4.31. The van der Waals surface area contributed by atoms with Crippen molar-refractivity contribution in [1.82, 2.24) is 15.5 Å². The fourth-order valence-corrected chi connectivity index (χ4v) is 3.08. The largest absolute Gasteiger partial charge is 0.381 e. The maximum absolute atomic E-state index is 5.52. The Bertz CT molecular complexity index is 384. The molecule has 2 unspecified atom stereocenters. The number of nitrogens with one attached hydrogen (secondary N) is 1. The molecule has 1 aromatic rings. The van der Waals surface area contributed by atoms with Gasteiger partial charge in [0.2, 0.25) is 5.89 Å². The predicted molar refractivity (Wildman–Crippen MR) is 76.3 cm³/mol. The van der Waals surface area contributed by atoms with Crippen LogP contribution in [0.15, 0.2) is 4.52 Å². The van der Waals surface area contributed by atoms with Crippen LogP contribution in [-0.4, -0.2) is 42.2 Å². The summed E-state index contributed by atoms with van der Waals surface area (Å²) in [6, 6.07) is 0.366. The molecule has 1 aliphatic heterocycles. The van der Waals surface area contributed by atoms with Crippen molar-refractivity contribution in [2.24, 2.45) is 5.92 Å². The Kier molecular flexibility index (Phi) is 5.66. The highest BCUT2D eigenvalue weighted by Gasteiger charge is 2.30. The van der Waals surface area contributed by atoms with Crippen molar-refractivity contribution in [3.63, 3.8) is 0 Å². The minimum atomic E-state index is 0.176. The number of aromatic nitrogens is 2. The summed E-state index contributed by atoms with van der Waals surface area (Å²) >= 11 is 1.85. The lowest BCUT2D eigenvalue weighted by atomic mass is 9.96. The molecule has 0 aromatic carbocycles. The molecule has 1 saturated heterocycles. The second-order valence-electron chi connectivity index (χ2n) is 5.32. The zero-order valence-electron chi connectivity index (χ0n) is 11.9. The summed E-state index contributed by atoms with van der Waals surface area (Å²) in [6.07, 6.45) is 0.987. The molecule has 1 aliphatic rings. The molecule has 2 heterocycles. The maximum atomic E-state index is 5.52. The summed E-state index contributed by atoms with van der Waals surface area (Å²) in [7, 11) is 1.97. The van der Waals surface area contributed by atoms with E-state index in [2.05, 4.69) is 29.3 Å². The van der Waals surface area contributed by atoms with Gasteiger partial charge >= 0.3 is 0 Å². The van der Waals surface area contributed by atoms with Crippen LogP contribution in [0.5, 0.6) is 0 Å². The minimum absolute atomic E-state index is 0.176. The van der Waals surface area contributed by atoms with Gasteiger partial charge in [0.1, 0.15) is 0 Å². The highest BCUT2D eigenvalue weighted by atomic mass is 32.2. The molecular weight excluding hydrogens is 262 g/mol. The lowest BCUT2D eigenvalue weighted by Gasteiger charge is -2.28. The lowest BCUT2D eigenvalue weighted by Crippen LogP contribution is -2.39. The van der Waals surface area contributed by atoms with E-state index in [0.717, 1.165) is 30.4 Å². The van der Waals surface area contributed by atoms with Crippen LogP contribution < -0.4 is 5.32 Å². The predicted octanol–water partition coefficient (Wildman–Crippen LogP) is 2.05. The van der Waals surface area contributed by atoms with Gasteiger partial charge < -0.3 is 14.6 Å². The third-order valence-corrected chi connectivity index (χ3v) is 4.58. The smallest absolute Gasteiger partial charge is 0.233 e. The normalized spacial score (nSPS) is 24.0. The number of ether oxygens (including phenoxy) is 1. The van der Waals surface area contributed by atoms with E-state index in [9.17, 15) is 0 Å². The number of thioether (sulfide) groups is 1.